The molecule has 0 bridgehead atoms. The van der Waals surface area contributed by atoms with Crippen LogP contribution in [0.2, 0.25) is 0 Å². The fourth-order valence-corrected chi connectivity index (χ4v) is 2.69. The van der Waals surface area contributed by atoms with Gasteiger partial charge in [-0.3, -0.25) is 0 Å². The fourth-order valence-electron chi connectivity index (χ4n) is 2.23. The molecule has 2 rings (SSSR count). The Labute approximate surface area is 111 Å². The van der Waals surface area contributed by atoms with E-state index in [0.717, 1.165) is 23.2 Å². The van der Waals surface area contributed by atoms with Gasteiger partial charge in [-0.25, -0.2) is 0 Å². The van der Waals surface area contributed by atoms with Gasteiger partial charge in [-0.2, -0.15) is 5.26 Å². The van der Waals surface area contributed by atoms with Crippen LogP contribution in [-0.2, 0) is 0 Å². The van der Waals surface area contributed by atoms with Crippen molar-refractivity contribution in [2.45, 2.75) is 6.42 Å². The average molecular weight is 294 g/mol. The summed E-state index contributed by atoms with van der Waals surface area (Å²) in [6.07, 6.45) is 1.24. The molecule has 0 radical (unpaired) electrons. The van der Waals surface area contributed by atoms with Crippen molar-refractivity contribution >= 4 is 21.6 Å². The molecule has 0 saturated carbocycles. The first-order valence-corrected chi connectivity index (χ1v) is 6.61. The average Bonchev–Trinajstić information content (AvgIpc) is 2.72. The highest BCUT2D eigenvalue weighted by Crippen LogP contribution is 2.24. The lowest BCUT2D eigenvalue weighted by Crippen LogP contribution is -2.19. The second-order valence-electron chi connectivity index (χ2n) is 4.57. The van der Waals surface area contributed by atoms with Crippen molar-refractivity contribution in [1.29, 1.82) is 5.26 Å². The van der Waals surface area contributed by atoms with Gasteiger partial charge in [0.2, 0.25) is 0 Å². The molecule has 1 unspecified atom stereocenters. The maximum Gasteiger partial charge on any atom is 0.103 e. The summed E-state index contributed by atoms with van der Waals surface area (Å²) in [4.78, 5) is 2.35. The topological polar surface area (TPSA) is 39.1 Å². The molecule has 1 aliphatic heterocycles. The summed E-state index contributed by atoms with van der Waals surface area (Å²) < 4.78 is 0.855. The quantitative estimate of drug-likeness (QED) is 0.931. The van der Waals surface area contributed by atoms with Gasteiger partial charge in [0.05, 0.1) is 11.3 Å². The summed E-state index contributed by atoms with van der Waals surface area (Å²) in [5.41, 5.74) is 1.62. The van der Waals surface area contributed by atoms with Crippen molar-refractivity contribution < 1.29 is 0 Å². The molecule has 0 spiro atoms. The van der Waals surface area contributed by atoms with Gasteiger partial charge in [-0.1, -0.05) is 6.07 Å². The maximum absolute atomic E-state index is 9.11. The largest absolute Gasteiger partial charge is 0.384 e. The summed E-state index contributed by atoms with van der Waals surface area (Å²) in [7, 11) is 2.15. The Morgan fingerprint density at radius 2 is 2.41 bits per heavy atom. The molecule has 0 aliphatic carbocycles. The Hall–Kier alpha value is -1.05. The summed E-state index contributed by atoms with van der Waals surface area (Å²) in [5.74, 6) is 0.686. The molecule has 3 nitrogen and oxygen atoms in total. The number of hydrogen-bond acceptors (Lipinski definition) is 3. The van der Waals surface area contributed by atoms with Crippen LogP contribution in [0.25, 0.3) is 0 Å². The number of benzene rings is 1. The molecule has 1 fully saturated rings. The van der Waals surface area contributed by atoms with E-state index in [9.17, 15) is 0 Å². The molecule has 90 valence electrons. The Kier molecular flexibility index (Phi) is 4.03. The lowest BCUT2D eigenvalue weighted by molar-refractivity contribution is 0.399. The molecule has 0 aromatic heterocycles. The Balaban J connectivity index is 2.00. The van der Waals surface area contributed by atoms with Crippen LogP contribution in [0.15, 0.2) is 22.7 Å². The van der Waals surface area contributed by atoms with Gasteiger partial charge in [-0.05, 0) is 54.0 Å². The van der Waals surface area contributed by atoms with E-state index < -0.39 is 0 Å². The minimum Gasteiger partial charge on any atom is -0.384 e. The van der Waals surface area contributed by atoms with Gasteiger partial charge in [0, 0.05) is 17.6 Å². The number of anilines is 1. The highest BCUT2D eigenvalue weighted by atomic mass is 79.9. The summed E-state index contributed by atoms with van der Waals surface area (Å²) in [5, 5.41) is 12.5. The van der Waals surface area contributed by atoms with Crippen molar-refractivity contribution in [3.8, 4) is 6.07 Å². The lowest BCUT2D eigenvalue weighted by Gasteiger charge is -2.14. The van der Waals surface area contributed by atoms with Crippen LogP contribution >= 0.6 is 15.9 Å². The molecule has 4 heteroatoms. The smallest absolute Gasteiger partial charge is 0.103 e. The number of rotatable bonds is 3. The number of nitrogens with one attached hydrogen (secondary N) is 1. The zero-order valence-electron chi connectivity index (χ0n) is 9.91. The third kappa shape index (κ3) is 2.99. The second kappa shape index (κ2) is 5.52. The van der Waals surface area contributed by atoms with Crippen LogP contribution in [0.1, 0.15) is 12.0 Å². The van der Waals surface area contributed by atoms with E-state index in [4.69, 9.17) is 5.26 Å². The van der Waals surface area contributed by atoms with Gasteiger partial charge in [0.1, 0.15) is 6.07 Å². The van der Waals surface area contributed by atoms with Crippen molar-refractivity contribution in [2.75, 3.05) is 32.0 Å². The standard InChI is InChI=1S/C13H16BrN3/c1-17-6-5-10(9-17)8-16-13-4-2-3-12(14)11(13)7-15/h2-4,10,16H,5-6,8-9H2,1H3. The van der Waals surface area contributed by atoms with E-state index in [1.807, 2.05) is 18.2 Å². The van der Waals surface area contributed by atoms with Gasteiger partial charge in [0.25, 0.3) is 0 Å². The van der Waals surface area contributed by atoms with Gasteiger partial charge in [0.15, 0.2) is 0 Å². The van der Waals surface area contributed by atoms with Crippen LogP contribution in [-0.4, -0.2) is 31.6 Å². The van der Waals surface area contributed by atoms with Gasteiger partial charge >= 0.3 is 0 Å². The van der Waals surface area contributed by atoms with Gasteiger partial charge in [-0.15, -0.1) is 0 Å². The van der Waals surface area contributed by atoms with Crippen LogP contribution < -0.4 is 5.32 Å². The van der Waals surface area contributed by atoms with E-state index in [2.05, 4.69) is 39.3 Å². The first-order valence-electron chi connectivity index (χ1n) is 5.81. The van der Waals surface area contributed by atoms with E-state index >= 15 is 0 Å². The SMILES string of the molecule is CN1CCC(CNc2cccc(Br)c2C#N)C1. The first kappa shape index (κ1) is 12.4. The van der Waals surface area contributed by atoms with Crippen molar-refractivity contribution in [3.05, 3.63) is 28.2 Å². The lowest BCUT2D eigenvalue weighted by atomic mass is 10.1. The Bertz CT molecular complexity index is 439. The molecule has 17 heavy (non-hydrogen) atoms. The molecule has 1 saturated heterocycles. The monoisotopic (exact) mass is 293 g/mol. The predicted molar refractivity (Wildman–Crippen MR) is 73.0 cm³/mol. The number of nitriles is 1. The summed E-state index contributed by atoms with van der Waals surface area (Å²) in [6.45, 7) is 3.26. The normalized spacial score (nSPS) is 20.2. The van der Waals surface area contributed by atoms with Crippen LogP contribution in [0.3, 0.4) is 0 Å². The van der Waals surface area contributed by atoms with Crippen LogP contribution in [0.4, 0.5) is 5.69 Å². The van der Waals surface area contributed by atoms with Crippen molar-refractivity contribution in [2.24, 2.45) is 5.92 Å². The summed E-state index contributed by atoms with van der Waals surface area (Å²) >= 11 is 3.40. The van der Waals surface area contributed by atoms with Crippen molar-refractivity contribution in [3.63, 3.8) is 0 Å². The molecule has 1 aromatic rings. The summed E-state index contributed by atoms with van der Waals surface area (Å²) in [6, 6.07) is 8.04. The van der Waals surface area contributed by atoms with E-state index in [1.165, 1.54) is 13.0 Å². The first-order chi connectivity index (χ1) is 8.20. The van der Waals surface area contributed by atoms with E-state index in [-0.39, 0.29) is 0 Å². The van der Waals surface area contributed by atoms with Crippen LogP contribution in [0, 0.1) is 17.2 Å². The third-order valence-corrected chi connectivity index (χ3v) is 3.86. The van der Waals surface area contributed by atoms with Crippen molar-refractivity contribution in [1.82, 2.24) is 4.90 Å². The van der Waals surface area contributed by atoms with Gasteiger partial charge < -0.3 is 10.2 Å². The molecule has 0 amide bonds. The maximum atomic E-state index is 9.11. The fraction of sp³-hybridized carbons (Fsp3) is 0.462. The van der Waals surface area contributed by atoms with Crippen LogP contribution in [0.5, 0.6) is 0 Å². The Morgan fingerprint density at radius 1 is 1.59 bits per heavy atom. The highest BCUT2D eigenvalue weighted by Gasteiger charge is 2.19. The number of likely N-dealkylation sites (tertiary alicyclic amines) is 1. The zero-order chi connectivity index (χ0) is 12.3. The van der Waals surface area contributed by atoms with E-state index in [0.29, 0.717) is 11.5 Å². The number of halogens is 1. The minimum absolute atomic E-state index is 0.686. The third-order valence-electron chi connectivity index (χ3n) is 3.20. The predicted octanol–water partition coefficient (Wildman–Crippen LogP) is 2.68. The number of hydrogen-bond donors (Lipinski definition) is 1. The minimum atomic E-state index is 0.686. The second-order valence-corrected chi connectivity index (χ2v) is 5.43. The Morgan fingerprint density at radius 3 is 3.06 bits per heavy atom. The molecule has 1 aliphatic rings. The van der Waals surface area contributed by atoms with E-state index in [1.54, 1.807) is 0 Å². The molecule has 1 N–H and O–H groups in total. The highest BCUT2D eigenvalue weighted by molar-refractivity contribution is 9.10. The molecular formula is C13H16BrN3. The molecule has 1 heterocycles. The number of nitrogens with zero attached hydrogens (tertiary/aromatic N) is 2. The molecular weight excluding hydrogens is 278 g/mol. The molecule has 1 atom stereocenters. The molecule has 1 aromatic carbocycles. The zero-order valence-corrected chi connectivity index (χ0v) is 11.5.